The standard InChI is InChI=1S/C31H56N2O2/c1-20(2)8-7-9-21(3)25-10-11-26-29-27(13-15-31(25,26)6)30(5)14-12-24(35-22(4)34)18-23(30)19-28(29)33-17-16-32/h20-21,23-29,33H,7-19,32H2,1-6H3/t21-,23-,24+,25-,26?,27?,28?,29?,30+,31-/m1/s1. The fourth-order valence-electron chi connectivity index (χ4n) is 10.1. The van der Waals surface area contributed by atoms with Crippen molar-refractivity contribution in [3.05, 3.63) is 0 Å². The van der Waals surface area contributed by atoms with Crippen LogP contribution in [0.5, 0.6) is 0 Å². The van der Waals surface area contributed by atoms with Crippen LogP contribution in [-0.2, 0) is 9.53 Å². The van der Waals surface area contributed by atoms with Gasteiger partial charge in [-0.2, -0.15) is 0 Å². The zero-order valence-electron chi connectivity index (χ0n) is 23.8. The first kappa shape index (κ1) is 27.4. The molecule has 0 aromatic heterocycles. The number of fused-ring (bicyclic) bond motifs is 5. The highest BCUT2D eigenvalue weighted by Crippen LogP contribution is 2.68. The zero-order valence-corrected chi connectivity index (χ0v) is 23.8. The molecule has 0 radical (unpaired) electrons. The Kier molecular flexibility index (Phi) is 8.63. The molecule has 3 N–H and O–H groups in total. The molecule has 0 amide bonds. The summed E-state index contributed by atoms with van der Waals surface area (Å²) in [7, 11) is 0. The van der Waals surface area contributed by atoms with Crippen molar-refractivity contribution in [1.29, 1.82) is 0 Å². The largest absolute Gasteiger partial charge is 0.463 e. The van der Waals surface area contributed by atoms with Gasteiger partial charge in [-0.05, 0) is 104 Å². The summed E-state index contributed by atoms with van der Waals surface area (Å²) in [6.07, 6.45) is 14.5. The van der Waals surface area contributed by atoms with Crippen molar-refractivity contribution in [2.75, 3.05) is 13.1 Å². The minimum Gasteiger partial charge on any atom is -0.463 e. The van der Waals surface area contributed by atoms with Crippen molar-refractivity contribution in [2.24, 2.45) is 58.0 Å². The maximum atomic E-state index is 11.7. The molecule has 4 fully saturated rings. The monoisotopic (exact) mass is 488 g/mol. The zero-order chi connectivity index (χ0) is 25.4. The maximum absolute atomic E-state index is 11.7. The molecule has 10 atom stereocenters. The molecule has 4 aliphatic carbocycles. The van der Waals surface area contributed by atoms with Gasteiger partial charge in [-0.25, -0.2) is 0 Å². The molecule has 4 aliphatic rings. The van der Waals surface area contributed by atoms with E-state index in [1.165, 1.54) is 57.8 Å². The lowest BCUT2D eigenvalue weighted by molar-refractivity contribution is -0.164. The van der Waals surface area contributed by atoms with Gasteiger partial charge in [-0.3, -0.25) is 4.79 Å². The van der Waals surface area contributed by atoms with Gasteiger partial charge in [0.15, 0.2) is 0 Å². The Morgan fingerprint density at radius 1 is 1.00 bits per heavy atom. The molecule has 35 heavy (non-hydrogen) atoms. The van der Waals surface area contributed by atoms with E-state index in [1.807, 2.05) is 0 Å². The fourth-order valence-corrected chi connectivity index (χ4v) is 10.1. The van der Waals surface area contributed by atoms with E-state index in [-0.39, 0.29) is 12.1 Å². The van der Waals surface area contributed by atoms with Crippen molar-refractivity contribution in [2.45, 2.75) is 124 Å². The molecule has 0 aliphatic heterocycles. The number of carbonyl (C=O) groups is 1. The molecule has 4 unspecified atom stereocenters. The van der Waals surface area contributed by atoms with Gasteiger partial charge in [0.2, 0.25) is 0 Å². The average molecular weight is 489 g/mol. The van der Waals surface area contributed by atoms with E-state index in [0.29, 0.717) is 29.3 Å². The number of hydrogen-bond acceptors (Lipinski definition) is 4. The van der Waals surface area contributed by atoms with Crippen LogP contribution in [0, 0.1) is 52.3 Å². The van der Waals surface area contributed by atoms with Gasteiger partial charge in [0.25, 0.3) is 0 Å². The predicted octanol–water partition coefficient (Wildman–Crippen LogP) is 6.57. The Hall–Kier alpha value is -0.610. The highest BCUT2D eigenvalue weighted by atomic mass is 16.5. The lowest BCUT2D eigenvalue weighted by Gasteiger charge is -2.63. The van der Waals surface area contributed by atoms with Crippen LogP contribution >= 0.6 is 0 Å². The first-order chi connectivity index (χ1) is 16.6. The van der Waals surface area contributed by atoms with Crippen LogP contribution in [0.2, 0.25) is 0 Å². The summed E-state index contributed by atoms with van der Waals surface area (Å²) in [5.41, 5.74) is 6.88. The van der Waals surface area contributed by atoms with Crippen molar-refractivity contribution in [1.82, 2.24) is 5.32 Å². The summed E-state index contributed by atoms with van der Waals surface area (Å²) in [6.45, 7) is 15.8. The number of carbonyl (C=O) groups excluding carboxylic acids is 1. The molecular formula is C31H56N2O2. The number of rotatable bonds is 9. The van der Waals surface area contributed by atoms with Crippen LogP contribution in [0.1, 0.15) is 112 Å². The minimum absolute atomic E-state index is 0.113. The number of hydrogen-bond donors (Lipinski definition) is 2. The second-order valence-electron chi connectivity index (χ2n) is 14.1. The molecular weight excluding hydrogens is 432 g/mol. The van der Waals surface area contributed by atoms with Crippen LogP contribution < -0.4 is 11.1 Å². The SMILES string of the molecule is CC(=O)O[C@H]1CC[C@]2(C)C3CC[C@@]4(C)C(CC[C@@H]4[C@H](C)CCCC(C)C)C3C(NCCN)C[C@H]2C1. The Labute approximate surface area is 216 Å². The van der Waals surface area contributed by atoms with Crippen LogP contribution in [0.3, 0.4) is 0 Å². The summed E-state index contributed by atoms with van der Waals surface area (Å²) < 4.78 is 5.73. The summed E-state index contributed by atoms with van der Waals surface area (Å²) in [6, 6.07) is 0.567. The van der Waals surface area contributed by atoms with Crippen molar-refractivity contribution in [3.63, 3.8) is 0 Å². The van der Waals surface area contributed by atoms with Gasteiger partial charge in [-0.15, -0.1) is 0 Å². The second kappa shape index (κ2) is 11.0. The highest BCUT2D eigenvalue weighted by Gasteiger charge is 2.63. The summed E-state index contributed by atoms with van der Waals surface area (Å²) in [5.74, 6) is 5.51. The van der Waals surface area contributed by atoms with Crippen molar-refractivity contribution >= 4 is 5.97 Å². The Morgan fingerprint density at radius 2 is 1.71 bits per heavy atom. The van der Waals surface area contributed by atoms with E-state index in [0.717, 1.165) is 54.9 Å². The van der Waals surface area contributed by atoms with Crippen LogP contribution in [0.25, 0.3) is 0 Å². The summed E-state index contributed by atoms with van der Waals surface area (Å²) in [4.78, 5) is 11.7. The predicted molar refractivity (Wildman–Crippen MR) is 145 cm³/mol. The minimum atomic E-state index is -0.113. The molecule has 0 spiro atoms. The quantitative estimate of drug-likeness (QED) is 0.360. The van der Waals surface area contributed by atoms with E-state index in [1.54, 1.807) is 6.92 Å². The number of nitrogens with one attached hydrogen (secondary N) is 1. The second-order valence-corrected chi connectivity index (χ2v) is 14.1. The molecule has 0 aromatic carbocycles. The fraction of sp³-hybridized carbons (Fsp3) is 0.968. The molecule has 202 valence electrons. The topological polar surface area (TPSA) is 64.3 Å². The Bertz CT molecular complexity index is 725. The van der Waals surface area contributed by atoms with E-state index in [2.05, 4.69) is 39.9 Å². The molecule has 4 heteroatoms. The Morgan fingerprint density at radius 3 is 2.40 bits per heavy atom. The molecule has 4 rings (SSSR count). The van der Waals surface area contributed by atoms with E-state index in [9.17, 15) is 4.79 Å². The number of esters is 1. The lowest BCUT2D eigenvalue weighted by Crippen LogP contribution is -2.62. The van der Waals surface area contributed by atoms with E-state index < -0.39 is 0 Å². The molecule has 0 bridgehead atoms. The average Bonchev–Trinajstić information content (AvgIpc) is 3.14. The van der Waals surface area contributed by atoms with Gasteiger partial charge < -0.3 is 15.8 Å². The molecule has 4 saturated carbocycles. The smallest absolute Gasteiger partial charge is 0.302 e. The first-order valence-electron chi connectivity index (χ1n) is 15.2. The lowest BCUT2D eigenvalue weighted by atomic mass is 9.43. The molecule has 0 saturated heterocycles. The molecule has 4 nitrogen and oxygen atoms in total. The van der Waals surface area contributed by atoms with Crippen molar-refractivity contribution in [3.8, 4) is 0 Å². The normalized spacial score (nSPS) is 43.8. The number of nitrogens with two attached hydrogens (primary N) is 1. The van der Waals surface area contributed by atoms with Gasteiger partial charge in [0, 0.05) is 26.1 Å². The summed E-state index contributed by atoms with van der Waals surface area (Å²) >= 11 is 0. The molecule has 0 heterocycles. The third kappa shape index (κ3) is 5.35. The number of ether oxygens (including phenoxy) is 1. The maximum Gasteiger partial charge on any atom is 0.302 e. The van der Waals surface area contributed by atoms with E-state index in [4.69, 9.17) is 10.5 Å². The van der Waals surface area contributed by atoms with E-state index >= 15 is 0 Å². The van der Waals surface area contributed by atoms with Gasteiger partial charge in [0.1, 0.15) is 6.10 Å². The first-order valence-corrected chi connectivity index (χ1v) is 15.2. The summed E-state index contributed by atoms with van der Waals surface area (Å²) in [5, 5.41) is 3.96. The van der Waals surface area contributed by atoms with Crippen LogP contribution in [-0.4, -0.2) is 31.2 Å². The van der Waals surface area contributed by atoms with Crippen LogP contribution in [0.15, 0.2) is 0 Å². The third-order valence-electron chi connectivity index (χ3n) is 11.8. The third-order valence-corrected chi connectivity index (χ3v) is 11.8. The molecule has 0 aromatic rings. The highest BCUT2D eigenvalue weighted by molar-refractivity contribution is 5.66. The van der Waals surface area contributed by atoms with Crippen LogP contribution in [0.4, 0.5) is 0 Å². The van der Waals surface area contributed by atoms with Gasteiger partial charge in [-0.1, -0.05) is 53.9 Å². The van der Waals surface area contributed by atoms with Gasteiger partial charge >= 0.3 is 5.97 Å². The van der Waals surface area contributed by atoms with Crippen molar-refractivity contribution < 1.29 is 9.53 Å². The Balaban J connectivity index is 1.54. The van der Waals surface area contributed by atoms with Gasteiger partial charge in [0.05, 0.1) is 0 Å².